The molecule has 3 aliphatic rings. The Bertz CT molecular complexity index is 868. The number of fused-ring (bicyclic) bond motifs is 3. The number of rotatable bonds is 4. The van der Waals surface area contributed by atoms with Crippen LogP contribution < -0.4 is 4.74 Å². The molecule has 1 aromatic carbocycles. The van der Waals surface area contributed by atoms with E-state index in [9.17, 15) is 4.79 Å². The molecule has 1 amide bonds. The van der Waals surface area contributed by atoms with Crippen molar-refractivity contribution in [3.05, 3.63) is 35.5 Å². The molecule has 0 N–H and O–H groups in total. The summed E-state index contributed by atoms with van der Waals surface area (Å²) in [6.45, 7) is 4.44. The van der Waals surface area contributed by atoms with Crippen molar-refractivity contribution in [2.24, 2.45) is 11.8 Å². The van der Waals surface area contributed by atoms with Crippen LogP contribution in [0.25, 0.3) is 11.3 Å². The van der Waals surface area contributed by atoms with Gasteiger partial charge in [0.15, 0.2) is 0 Å². The molecule has 5 heteroatoms. The molecule has 2 aromatic rings. The molecule has 1 saturated heterocycles. The Kier molecular flexibility index (Phi) is 3.59. The van der Waals surface area contributed by atoms with E-state index in [2.05, 4.69) is 16.8 Å². The molecule has 0 bridgehead atoms. The number of hydrogen-bond acceptors (Lipinski definition) is 3. The van der Waals surface area contributed by atoms with Gasteiger partial charge in [0, 0.05) is 49.3 Å². The fourth-order valence-corrected chi connectivity index (χ4v) is 4.71. The third kappa shape index (κ3) is 2.52. The second kappa shape index (κ2) is 5.86. The number of ether oxygens (including phenoxy) is 1. The number of aromatic nitrogens is 2. The second-order valence-corrected chi connectivity index (χ2v) is 8.06. The maximum absolute atomic E-state index is 11.9. The molecule has 26 heavy (non-hydrogen) atoms. The third-order valence-corrected chi connectivity index (χ3v) is 6.28. The highest BCUT2D eigenvalue weighted by Crippen LogP contribution is 2.48. The van der Waals surface area contributed by atoms with Gasteiger partial charge in [-0.25, -0.2) is 0 Å². The van der Waals surface area contributed by atoms with Crippen LogP contribution in [0.5, 0.6) is 5.75 Å². The number of benzene rings is 1. The molecule has 136 valence electrons. The van der Waals surface area contributed by atoms with Gasteiger partial charge >= 0.3 is 0 Å². The minimum atomic E-state index is 0.189. The van der Waals surface area contributed by atoms with Crippen LogP contribution in [0.4, 0.5) is 0 Å². The highest BCUT2D eigenvalue weighted by Gasteiger charge is 2.45. The number of likely N-dealkylation sites (tertiary alicyclic amines) is 1. The number of hydrogen-bond donors (Lipinski definition) is 0. The van der Waals surface area contributed by atoms with Gasteiger partial charge in [-0.3, -0.25) is 9.48 Å². The zero-order valence-electron chi connectivity index (χ0n) is 15.4. The van der Waals surface area contributed by atoms with Crippen molar-refractivity contribution < 1.29 is 9.53 Å². The lowest BCUT2D eigenvalue weighted by molar-refractivity contribution is -0.127. The molecule has 1 saturated carbocycles. The van der Waals surface area contributed by atoms with Gasteiger partial charge in [0.25, 0.3) is 0 Å². The van der Waals surface area contributed by atoms with Gasteiger partial charge in [0.1, 0.15) is 5.75 Å². The lowest BCUT2D eigenvalue weighted by Crippen LogP contribution is -2.27. The summed E-state index contributed by atoms with van der Waals surface area (Å²) in [6.07, 6.45) is 3.70. The molecular weight excluding hydrogens is 326 g/mol. The van der Waals surface area contributed by atoms with E-state index < -0.39 is 0 Å². The molecule has 0 radical (unpaired) electrons. The predicted molar refractivity (Wildman–Crippen MR) is 99.1 cm³/mol. The smallest absolute Gasteiger partial charge is 0.219 e. The van der Waals surface area contributed by atoms with Crippen LogP contribution in [0.3, 0.4) is 0 Å². The first-order valence-corrected chi connectivity index (χ1v) is 9.63. The van der Waals surface area contributed by atoms with Crippen molar-refractivity contribution in [1.29, 1.82) is 0 Å². The molecule has 1 aromatic heterocycles. The van der Waals surface area contributed by atoms with Crippen LogP contribution in [0.15, 0.2) is 24.3 Å². The van der Waals surface area contributed by atoms with E-state index in [0.29, 0.717) is 11.8 Å². The van der Waals surface area contributed by atoms with Crippen molar-refractivity contribution in [2.75, 3.05) is 20.2 Å². The van der Waals surface area contributed by atoms with Gasteiger partial charge in [-0.15, -0.1) is 0 Å². The van der Waals surface area contributed by atoms with Gasteiger partial charge in [0.05, 0.1) is 12.8 Å². The van der Waals surface area contributed by atoms with E-state index in [1.54, 1.807) is 14.0 Å². The summed E-state index contributed by atoms with van der Waals surface area (Å²) in [4.78, 5) is 13.9. The summed E-state index contributed by atoms with van der Waals surface area (Å²) in [7, 11) is 1.70. The standard InChI is InChI=1S/C21H25N3O2/c1-13(25)23-11-16-9-19-20(18(16)12-23)21(22-24(19)10-14-6-7-14)15-4-3-5-17(8-15)26-2/h3-5,8,14,16,18H,6-7,9-12H2,1-2H3/t16-,18+/m1/s1. The summed E-state index contributed by atoms with van der Waals surface area (Å²) in [6, 6.07) is 8.21. The average Bonchev–Trinajstić information content (AvgIpc) is 3.10. The number of methoxy groups -OCH3 is 1. The lowest BCUT2D eigenvalue weighted by atomic mass is 9.94. The van der Waals surface area contributed by atoms with Crippen LogP contribution in [0.1, 0.15) is 36.9 Å². The molecule has 2 fully saturated rings. The van der Waals surface area contributed by atoms with Gasteiger partial charge in [-0.05, 0) is 43.2 Å². The Morgan fingerprint density at radius 2 is 2.15 bits per heavy atom. The predicted octanol–water partition coefficient (Wildman–Crippen LogP) is 3.09. The molecule has 2 heterocycles. The molecule has 0 unspecified atom stereocenters. The van der Waals surface area contributed by atoms with Crippen LogP contribution in [0.2, 0.25) is 0 Å². The highest BCUT2D eigenvalue weighted by atomic mass is 16.5. The lowest BCUT2D eigenvalue weighted by Gasteiger charge is -2.15. The van der Waals surface area contributed by atoms with E-state index in [0.717, 1.165) is 49.0 Å². The van der Waals surface area contributed by atoms with E-state index >= 15 is 0 Å². The van der Waals surface area contributed by atoms with E-state index in [-0.39, 0.29) is 5.91 Å². The third-order valence-electron chi connectivity index (χ3n) is 6.28. The Labute approximate surface area is 153 Å². The molecule has 2 aliphatic carbocycles. The van der Waals surface area contributed by atoms with E-state index in [1.807, 2.05) is 17.0 Å². The number of carbonyl (C=O) groups is 1. The average molecular weight is 351 g/mol. The van der Waals surface area contributed by atoms with Crippen molar-refractivity contribution in [1.82, 2.24) is 14.7 Å². The second-order valence-electron chi connectivity index (χ2n) is 8.06. The zero-order chi connectivity index (χ0) is 17.8. The Morgan fingerprint density at radius 1 is 1.31 bits per heavy atom. The summed E-state index contributed by atoms with van der Waals surface area (Å²) in [5.74, 6) is 2.81. The topological polar surface area (TPSA) is 47.4 Å². The van der Waals surface area contributed by atoms with Crippen molar-refractivity contribution >= 4 is 5.91 Å². The Hall–Kier alpha value is -2.30. The molecular formula is C21H25N3O2. The minimum absolute atomic E-state index is 0.189. The van der Waals surface area contributed by atoms with Crippen LogP contribution in [0, 0.1) is 11.8 Å². The number of carbonyl (C=O) groups excluding carboxylic acids is 1. The van der Waals surface area contributed by atoms with Crippen molar-refractivity contribution in [3.8, 4) is 17.0 Å². The largest absolute Gasteiger partial charge is 0.497 e. The fraction of sp³-hybridized carbons (Fsp3) is 0.524. The summed E-state index contributed by atoms with van der Waals surface area (Å²) < 4.78 is 7.70. The van der Waals surface area contributed by atoms with Crippen LogP contribution >= 0.6 is 0 Å². The normalized spacial score (nSPS) is 23.8. The molecule has 5 rings (SSSR count). The monoisotopic (exact) mass is 351 g/mol. The Balaban J connectivity index is 1.58. The maximum atomic E-state index is 11.9. The van der Waals surface area contributed by atoms with Gasteiger partial charge in [-0.1, -0.05) is 12.1 Å². The van der Waals surface area contributed by atoms with Gasteiger partial charge in [-0.2, -0.15) is 5.10 Å². The summed E-state index contributed by atoms with van der Waals surface area (Å²) in [5, 5.41) is 5.05. The van der Waals surface area contributed by atoms with Gasteiger partial charge in [0.2, 0.25) is 5.91 Å². The molecule has 5 nitrogen and oxygen atoms in total. The van der Waals surface area contributed by atoms with Crippen LogP contribution in [-0.4, -0.2) is 40.8 Å². The van der Waals surface area contributed by atoms with Crippen molar-refractivity contribution in [3.63, 3.8) is 0 Å². The number of amides is 1. The van der Waals surface area contributed by atoms with Crippen molar-refractivity contribution in [2.45, 2.75) is 38.6 Å². The quantitative estimate of drug-likeness (QED) is 0.850. The Morgan fingerprint density at radius 3 is 2.88 bits per heavy atom. The molecule has 1 aliphatic heterocycles. The molecule has 0 spiro atoms. The summed E-state index contributed by atoms with van der Waals surface area (Å²) >= 11 is 0. The fourth-order valence-electron chi connectivity index (χ4n) is 4.71. The SMILES string of the molecule is COc1cccc(-c2nn(CC3CC3)c3c2[C@H]2CN(C(C)=O)C[C@H]2C3)c1. The first-order valence-electron chi connectivity index (χ1n) is 9.63. The zero-order valence-corrected chi connectivity index (χ0v) is 15.4. The van der Waals surface area contributed by atoms with Gasteiger partial charge < -0.3 is 9.64 Å². The molecule has 2 atom stereocenters. The minimum Gasteiger partial charge on any atom is -0.497 e. The van der Waals surface area contributed by atoms with E-state index in [1.165, 1.54) is 24.1 Å². The first kappa shape index (κ1) is 15.9. The first-order chi connectivity index (χ1) is 12.6. The maximum Gasteiger partial charge on any atom is 0.219 e. The van der Waals surface area contributed by atoms with E-state index in [4.69, 9.17) is 9.84 Å². The summed E-state index contributed by atoms with van der Waals surface area (Å²) in [5.41, 5.74) is 5.01. The highest BCUT2D eigenvalue weighted by molar-refractivity contribution is 5.74. The number of nitrogens with zero attached hydrogens (tertiary/aromatic N) is 3. The van der Waals surface area contributed by atoms with Crippen LogP contribution in [-0.2, 0) is 17.8 Å².